The largest absolute Gasteiger partial charge is 0.466 e. The lowest BCUT2D eigenvalue weighted by Crippen LogP contribution is -2.26. The average molecular weight is 408 g/mol. The summed E-state index contributed by atoms with van der Waals surface area (Å²) in [4.78, 5) is 13.9. The molecule has 2 fully saturated rings. The van der Waals surface area contributed by atoms with Gasteiger partial charge in [0.1, 0.15) is 0 Å². The molecule has 2 heterocycles. The fraction of sp³-hybridized carbons (Fsp3) is 0.520. The number of ether oxygens (including phenoxy) is 1. The third-order valence-corrected chi connectivity index (χ3v) is 6.61. The number of benzene rings is 1. The van der Waals surface area contributed by atoms with Gasteiger partial charge in [0.25, 0.3) is 0 Å². The molecule has 2 aromatic rings. The van der Waals surface area contributed by atoms with Crippen LogP contribution in [0.1, 0.15) is 59.8 Å². The van der Waals surface area contributed by atoms with Gasteiger partial charge in [-0.25, -0.2) is 4.79 Å². The van der Waals surface area contributed by atoms with Crippen molar-refractivity contribution in [2.24, 2.45) is 5.92 Å². The summed E-state index contributed by atoms with van der Waals surface area (Å²) in [5, 5.41) is 4.82. The van der Waals surface area contributed by atoms with Crippen LogP contribution in [0, 0.1) is 19.8 Å². The predicted octanol–water partition coefficient (Wildman–Crippen LogP) is 4.48. The zero-order chi connectivity index (χ0) is 21.1. The molecule has 160 valence electrons. The second kappa shape index (κ2) is 9.17. The van der Waals surface area contributed by atoms with Crippen LogP contribution in [-0.2, 0) is 22.5 Å². The van der Waals surface area contributed by atoms with Crippen LogP contribution in [0.2, 0.25) is 0 Å². The molecule has 1 atom stereocenters. The van der Waals surface area contributed by atoms with Crippen molar-refractivity contribution in [3.8, 4) is 0 Å². The molecule has 1 saturated carbocycles. The number of aromatic nitrogens is 2. The zero-order valence-corrected chi connectivity index (χ0v) is 18.4. The van der Waals surface area contributed by atoms with Gasteiger partial charge in [0.05, 0.1) is 12.8 Å². The van der Waals surface area contributed by atoms with E-state index in [4.69, 9.17) is 5.10 Å². The number of methoxy groups -OCH3 is 1. The number of carbonyl (C=O) groups is 1. The van der Waals surface area contributed by atoms with Gasteiger partial charge in [0.15, 0.2) is 0 Å². The lowest BCUT2D eigenvalue weighted by atomic mass is 10.0. The van der Waals surface area contributed by atoms with Gasteiger partial charge in [0.2, 0.25) is 0 Å². The Kier molecular flexibility index (Phi) is 6.38. The minimum atomic E-state index is -0.327. The van der Waals surface area contributed by atoms with Gasteiger partial charge < -0.3 is 4.74 Å². The molecule has 0 radical (unpaired) electrons. The SMILES string of the molecule is COC(=O)/C=C/c1ccc(C2CCCN2CCc2c(C)nn(CC3CC3)c2C)cc1. The number of rotatable bonds is 8. The molecule has 1 saturated heterocycles. The topological polar surface area (TPSA) is 47.4 Å². The van der Waals surface area contributed by atoms with E-state index in [1.165, 1.54) is 61.4 Å². The van der Waals surface area contributed by atoms with Crippen molar-refractivity contribution in [1.29, 1.82) is 0 Å². The van der Waals surface area contributed by atoms with E-state index in [2.05, 4.69) is 52.4 Å². The third-order valence-electron chi connectivity index (χ3n) is 6.61. The van der Waals surface area contributed by atoms with Gasteiger partial charge in [-0.3, -0.25) is 9.58 Å². The van der Waals surface area contributed by atoms with Crippen molar-refractivity contribution in [2.75, 3.05) is 20.2 Å². The van der Waals surface area contributed by atoms with E-state index < -0.39 is 0 Å². The maximum Gasteiger partial charge on any atom is 0.330 e. The maximum atomic E-state index is 11.3. The van der Waals surface area contributed by atoms with E-state index in [1.54, 1.807) is 6.08 Å². The van der Waals surface area contributed by atoms with E-state index in [-0.39, 0.29) is 5.97 Å². The maximum absolute atomic E-state index is 11.3. The number of esters is 1. The normalized spacial score (nSPS) is 19.6. The molecule has 1 aromatic carbocycles. The molecule has 1 aliphatic carbocycles. The predicted molar refractivity (Wildman–Crippen MR) is 119 cm³/mol. The lowest BCUT2D eigenvalue weighted by molar-refractivity contribution is -0.134. The van der Waals surface area contributed by atoms with Gasteiger partial charge in [0, 0.05) is 30.9 Å². The molecule has 0 spiro atoms. The molecule has 1 aromatic heterocycles. The Labute approximate surface area is 179 Å². The van der Waals surface area contributed by atoms with Crippen molar-refractivity contribution < 1.29 is 9.53 Å². The second-order valence-electron chi connectivity index (χ2n) is 8.74. The van der Waals surface area contributed by atoms with Gasteiger partial charge in [-0.1, -0.05) is 24.3 Å². The Morgan fingerprint density at radius 3 is 2.67 bits per heavy atom. The minimum Gasteiger partial charge on any atom is -0.466 e. The highest BCUT2D eigenvalue weighted by Crippen LogP contribution is 2.33. The zero-order valence-electron chi connectivity index (χ0n) is 18.4. The molecular weight excluding hydrogens is 374 g/mol. The molecule has 30 heavy (non-hydrogen) atoms. The van der Waals surface area contributed by atoms with Gasteiger partial charge >= 0.3 is 5.97 Å². The van der Waals surface area contributed by atoms with E-state index in [0.717, 1.165) is 37.5 Å². The van der Waals surface area contributed by atoms with E-state index in [0.29, 0.717) is 6.04 Å². The highest BCUT2D eigenvalue weighted by atomic mass is 16.5. The first-order valence-electron chi connectivity index (χ1n) is 11.2. The molecule has 5 nitrogen and oxygen atoms in total. The van der Waals surface area contributed by atoms with Crippen molar-refractivity contribution in [2.45, 2.75) is 58.5 Å². The van der Waals surface area contributed by atoms with E-state index in [1.807, 2.05) is 0 Å². The van der Waals surface area contributed by atoms with Crippen molar-refractivity contribution in [3.63, 3.8) is 0 Å². The first-order chi connectivity index (χ1) is 14.5. The van der Waals surface area contributed by atoms with Crippen LogP contribution in [0.3, 0.4) is 0 Å². The summed E-state index contributed by atoms with van der Waals surface area (Å²) in [6.07, 6.45) is 9.50. The number of likely N-dealkylation sites (tertiary alicyclic amines) is 1. The Morgan fingerprint density at radius 1 is 1.20 bits per heavy atom. The average Bonchev–Trinajstić information content (AvgIpc) is 3.38. The molecule has 1 unspecified atom stereocenters. The van der Waals surface area contributed by atoms with Crippen molar-refractivity contribution >= 4 is 12.0 Å². The third kappa shape index (κ3) is 4.84. The summed E-state index contributed by atoms with van der Waals surface area (Å²) < 4.78 is 6.90. The Hall–Kier alpha value is -2.40. The summed E-state index contributed by atoms with van der Waals surface area (Å²) in [6, 6.07) is 9.04. The highest BCUT2D eigenvalue weighted by Gasteiger charge is 2.27. The standard InChI is InChI=1S/C25H33N3O2/c1-18-23(19(2)28(26-18)17-21-6-7-21)14-16-27-15-4-5-24(27)22-11-8-20(9-12-22)10-13-25(29)30-3/h8-13,21,24H,4-7,14-17H2,1-3H3/b13-10+. The summed E-state index contributed by atoms with van der Waals surface area (Å²) in [5.41, 5.74) is 6.37. The molecular formula is C25H33N3O2. The van der Waals surface area contributed by atoms with E-state index >= 15 is 0 Å². The Balaban J connectivity index is 1.39. The van der Waals surface area contributed by atoms with Crippen molar-refractivity contribution in [3.05, 3.63) is 58.4 Å². The van der Waals surface area contributed by atoms with Crippen LogP contribution in [0.25, 0.3) is 6.08 Å². The quantitative estimate of drug-likeness (QED) is 0.478. The van der Waals surface area contributed by atoms with Crippen LogP contribution in [0.4, 0.5) is 0 Å². The summed E-state index contributed by atoms with van der Waals surface area (Å²) >= 11 is 0. The fourth-order valence-corrected chi connectivity index (χ4v) is 4.61. The van der Waals surface area contributed by atoms with Crippen LogP contribution < -0.4 is 0 Å². The smallest absolute Gasteiger partial charge is 0.330 e. The minimum absolute atomic E-state index is 0.327. The Morgan fingerprint density at radius 2 is 1.97 bits per heavy atom. The molecule has 5 heteroatoms. The first kappa shape index (κ1) is 20.9. The first-order valence-corrected chi connectivity index (χ1v) is 11.2. The van der Waals surface area contributed by atoms with Crippen LogP contribution >= 0.6 is 0 Å². The van der Waals surface area contributed by atoms with Gasteiger partial charge in [-0.15, -0.1) is 0 Å². The molecule has 0 bridgehead atoms. The fourth-order valence-electron chi connectivity index (χ4n) is 4.61. The number of carbonyl (C=O) groups excluding carboxylic acids is 1. The highest BCUT2D eigenvalue weighted by molar-refractivity contribution is 5.86. The van der Waals surface area contributed by atoms with Crippen LogP contribution in [0.5, 0.6) is 0 Å². The monoisotopic (exact) mass is 407 g/mol. The molecule has 2 aliphatic rings. The van der Waals surface area contributed by atoms with E-state index in [9.17, 15) is 4.79 Å². The summed E-state index contributed by atoms with van der Waals surface area (Å²) in [7, 11) is 1.39. The molecule has 0 N–H and O–H groups in total. The van der Waals surface area contributed by atoms with Gasteiger partial charge in [-0.2, -0.15) is 5.10 Å². The molecule has 0 amide bonds. The van der Waals surface area contributed by atoms with Gasteiger partial charge in [-0.05, 0) is 81.2 Å². The molecule has 1 aliphatic heterocycles. The van der Waals surface area contributed by atoms with Crippen LogP contribution in [0.15, 0.2) is 30.3 Å². The number of hydrogen-bond donors (Lipinski definition) is 0. The van der Waals surface area contributed by atoms with Crippen molar-refractivity contribution in [1.82, 2.24) is 14.7 Å². The van der Waals surface area contributed by atoms with Crippen LogP contribution in [-0.4, -0.2) is 40.8 Å². The Bertz CT molecular complexity index is 909. The number of aryl methyl sites for hydroxylation is 1. The number of nitrogens with zero attached hydrogens (tertiary/aromatic N) is 3. The number of hydrogen-bond acceptors (Lipinski definition) is 4. The molecule has 4 rings (SSSR count). The lowest BCUT2D eigenvalue weighted by Gasteiger charge is -2.25. The summed E-state index contributed by atoms with van der Waals surface area (Å²) in [6.45, 7) is 7.72. The second-order valence-corrected chi connectivity index (χ2v) is 8.74. The summed E-state index contributed by atoms with van der Waals surface area (Å²) in [5.74, 6) is 0.524.